The van der Waals surface area contributed by atoms with Crippen LogP contribution in [0.3, 0.4) is 0 Å². The second kappa shape index (κ2) is 5.97. The van der Waals surface area contributed by atoms with Crippen molar-refractivity contribution in [3.05, 3.63) is 0 Å². The molecule has 1 aliphatic heterocycles. The minimum Gasteiger partial charge on any atom is -0.336 e. The smallest absolute Gasteiger partial charge is 0.324 e. The molecule has 0 aliphatic carbocycles. The third kappa shape index (κ3) is 3.71. The molecule has 15 heavy (non-hydrogen) atoms. The maximum atomic E-state index is 11.6. The largest absolute Gasteiger partial charge is 0.336 e. The molecule has 1 heterocycles. The Bertz CT molecular complexity index is 248. The van der Waals surface area contributed by atoms with Crippen molar-refractivity contribution in [3.63, 3.8) is 0 Å². The quantitative estimate of drug-likeness (QED) is 0.699. The van der Waals surface area contributed by atoms with Gasteiger partial charge in [-0.25, -0.2) is 4.79 Å². The number of nitrogens with zero attached hydrogens (tertiary/aromatic N) is 1. The van der Waals surface area contributed by atoms with Gasteiger partial charge < -0.3 is 11.1 Å². The van der Waals surface area contributed by atoms with Crippen molar-refractivity contribution in [1.29, 1.82) is 0 Å². The molecule has 6 heteroatoms. The summed E-state index contributed by atoms with van der Waals surface area (Å²) in [5.41, 5.74) is 5.41. The Morgan fingerprint density at radius 2 is 2.47 bits per heavy atom. The summed E-state index contributed by atoms with van der Waals surface area (Å²) in [5.74, 6) is 0.244. The van der Waals surface area contributed by atoms with Crippen molar-refractivity contribution in [2.75, 3.05) is 25.4 Å². The van der Waals surface area contributed by atoms with Crippen LogP contribution in [0, 0.1) is 0 Å². The third-order valence-corrected chi connectivity index (χ3v) is 3.44. The molecule has 86 valence electrons. The van der Waals surface area contributed by atoms with E-state index in [1.165, 1.54) is 4.90 Å². The van der Waals surface area contributed by atoms with E-state index in [-0.39, 0.29) is 11.9 Å². The van der Waals surface area contributed by atoms with E-state index in [1.807, 2.05) is 6.92 Å². The maximum absolute atomic E-state index is 11.6. The Balaban J connectivity index is 2.26. The number of hydrogen-bond donors (Lipinski definition) is 2. The van der Waals surface area contributed by atoms with Crippen molar-refractivity contribution in [1.82, 2.24) is 10.2 Å². The Morgan fingerprint density at radius 3 is 3.00 bits per heavy atom. The number of hydrogen-bond acceptors (Lipinski definition) is 4. The lowest BCUT2D eigenvalue weighted by atomic mass is 10.3. The van der Waals surface area contributed by atoms with E-state index in [0.29, 0.717) is 30.6 Å². The van der Waals surface area contributed by atoms with E-state index < -0.39 is 0 Å². The molecule has 1 atom stereocenters. The standard InChI is InChI=1S/C9H17N3O2S/c1-7(2-3-10)15-6-8(13)12-5-4-11-9(12)14/h7H,2-6,10H2,1H3,(H,11,14). The van der Waals surface area contributed by atoms with Gasteiger partial charge in [0.05, 0.1) is 5.75 Å². The molecule has 3 N–H and O–H groups in total. The van der Waals surface area contributed by atoms with Crippen molar-refractivity contribution in [2.45, 2.75) is 18.6 Å². The van der Waals surface area contributed by atoms with Crippen molar-refractivity contribution >= 4 is 23.7 Å². The van der Waals surface area contributed by atoms with Gasteiger partial charge in [-0.15, -0.1) is 11.8 Å². The van der Waals surface area contributed by atoms with Gasteiger partial charge in [0, 0.05) is 18.3 Å². The molecule has 0 aromatic rings. The number of rotatable bonds is 5. The van der Waals surface area contributed by atoms with Gasteiger partial charge >= 0.3 is 6.03 Å². The summed E-state index contributed by atoms with van der Waals surface area (Å²) in [6.07, 6.45) is 0.893. The van der Waals surface area contributed by atoms with Crippen molar-refractivity contribution in [3.8, 4) is 0 Å². The molecular weight excluding hydrogens is 214 g/mol. The van der Waals surface area contributed by atoms with Gasteiger partial charge in [-0.05, 0) is 13.0 Å². The van der Waals surface area contributed by atoms with Gasteiger partial charge in [0.2, 0.25) is 5.91 Å². The number of urea groups is 1. The molecule has 0 aromatic heterocycles. The molecule has 0 saturated carbocycles. The van der Waals surface area contributed by atoms with E-state index >= 15 is 0 Å². The topological polar surface area (TPSA) is 75.4 Å². The molecule has 1 aliphatic rings. The molecule has 1 saturated heterocycles. The molecule has 3 amide bonds. The second-order valence-electron chi connectivity index (χ2n) is 3.48. The Morgan fingerprint density at radius 1 is 1.73 bits per heavy atom. The summed E-state index contributed by atoms with van der Waals surface area (Å²) in [4.78, 5) is 24.0. The van der Waals surface area contributed by atoms with Crippen LogP contribution in [-0.2, 0) is 4.79 Å². The van der Waals surface area contributed by atoms with Crippen LogP contribution in [0.25, 0.3) is 0 Å². The predicted octanol–water partition coefficient (Wildman–Crippen LogP) is 0.00870. The highest BCUT2D eigenvalue weighted by molar-refractivity contribution is 8.00. The normalized spacial score (nSPS) is 17.7. The number of carbonyl (C=O) groups excluding carboxylic acids is 2. The molecule has 0 radical (unpaired) electrons. The van der Waals surface area contributed by atoms with E-state index in [1.54, 1.807) is 11.8 Å². The zero-order valence-corrected chi connectivity index (χ0v) is 9.68. The van der Waals surface area contributed by atoms with Gasteiger partial charge in [0.25, 0.3) is 0 Å². The lowest BCUT2D eigenvalue weighted by Crippen LogP contribution is -2.35. The van der Waals surface area contributed by atoms with E-state index in [9.17, 15) is 9.59 Å². The first kappa shape index (κ1) is 12.3. The molecular formula is C9H17N3O2S. The third-order valence-electron chi connectivity index (χ3n) is 2.22. The Labute approximate surface area is 93.7 Å². The number of amides is 3. The zero-order chi connectivity index (χ0) is 11.3. The van der Waals surface area contributed by atoms with Crippen LogP contribution in [0.5, 0.6) is 0 Å². The summed E-state index contributed by atoms with van der Waals surface area (Å²) in [6, 6.07) is -0.271. The highest BCUT2D eigenvalue weighted by Crippen LogP contribution is 2.14. The number of thioether (sulfide) groups is 1. The summed E-state index contributed by atoms with van der Waals surface area (Å²) in [6.45, 7) is 3.72. The first-order chi connectivity index (χ1) is 7.15. The molecule has 1 rings (SSSR count). The first-order valence-electron chi connectivity index (χ1n) is 5.05. The van der Waals surface area contributed by atoms with Crippen LogP contribution in [-0.4, -0.2) is 47.5 Å². The molecule has 1 fully saturated rings. The van der Waals surface area contributed by atoms with Gasteiger partial charge in [-0.3, -0.25) is 9.69 Å². The monoisotopic (exact) mass is 231 g/mol. The zero-order valence-electron chi connectivity index (χ0n) is 8.86. The molecule has 0 aromatic carbocycles. The number of carbonyl (C=O) groups is 2. The van der Waals surface area contributed by atoms with Crippen LogP contribution in [0.4, 0.5) is 4.79 Å². The highest BCUT2D eigenvalue weighted by atomic mass is 32.2. The predicted molar refractivity (Wildman–Crippen MR) is 60.7 cm³/mol. The van der Waals surface area contributed by atoms with Crippen LogP contribution in [0.15, 0.2) is 0 Å². The molecule has 0 bridgehead atoms. The molecule has 0 spiro atoms. The average Bonchev–Trinajstić information content (AvgIpc) is 2.61. The summed E-state index contributed by atoms with van der Waals surface area (Å²) in [7, 11) is 0. The van der Waals surface area contributed by atoms with Crippen molar-refractivity contribution < 1.29 is 9.59 Å². The fourth-order valence-corrected chi connectivity index (χ4v) is 2.20. The highest BCUT2D eigenvalue weighted by Gasteiger charge is 2.25. The lowest BCUT2D eigenvalue weighted by molar-refractivity contribution is -0.124. The van der Waals surface area contributed by atoms with Gasteiger partial charge in [0.15, 0.2) is 0 Å². The summed E-state index contributed by atoms with van der Waals surface area (Å²) < 4.78 is 0. The van der Waals surface area contributed by atoms with E-state index in [0.717, 1.165) is 6.42 Å². The van der Waals surface area contributed by atoms with Gasteiger partial charge in [-0.2, -0.15) is 0 Å². The SMILES string of the molecule is CC(CCN)SCC(=O)N1CCNC1=O. The Hall–Kier alpha value is -0.750. The Kier molecular flexibility index (Phi) is 4.90. The van der Waals surface area contributed by atoms with Gasteiger partial charge in [0.1, 0.15) is 0 Å². The van der Waals surface area contributed by atoms with Crippen LogP contribution >= 0.6 is 11.8 Å². The number of nitrogens with one attached hydrogen (secondary N) is 1. The summed E-state index contributed by atoms with van der Waals surface area (Å²) >= 11 is 1.55. The molecule has 5 nitrogen and oxygen atoms in total. The van der Waals surface area contributed by atoms with Crippen molar-refractivity contribution in [2.24, 2.45) is 5.73 Å². The number of nitrogens with two attached hydrogens (primary N) is 1. The minimum absolute atomic E-state index is 0.112. The fraction of sp³-hybridized carbons (Fsp3) is 0.778. The van der Waals surface area contributed by atoms with Crippen LogP contribution in [0.2, 0.25) is 0 Å². The van der Waals surface area contributed by atoms with E-state index in [4.69, 9.17) is 5.73 Å². The average molecular weight is 231 g/mol. The second-order valence-corrected chi connectivity index (χ2v) is 4.90. The minimum atomic E-state index is -0.271. The van der Waals surface area contributed by atoms with Crippen LogP contribution < -0.4 is 11.1 Å². The fourth-order valence-electron chi connectivity index (χ4n) is 1.32. The first-order valence-corrected chi connectivity index (χ1v) is 6.10. The van der Waals surface area contributed by atoms with E-state index in [2.05, 4.69) is 5.32 Å². The summed E-state index contributed by atoms with van der Waals surface area (Å²) in [5, 5.41) is 2.97. The molecule has 1 unspecified atom stereocenters. The lowest BCUT2D eigenvalue weighted by Gasteiger charge is -2.14. The van der Waals surface area contributed by atoms with Gasteiger partial charge in [-0.1, -0.05) is 6.92 Å². The number of imide groups is 1. The maximum Gasteiger partial charge on any atom is 0.324 e. The van der Waals surface area contributed by atoms with Crippen LogP contribution in [0.1, 0.15) is 13.3 Å².